The molecule has 0 saturated carbocycles. The van der Waals surface area contributed by atoms with Gasteiger partial charge in [-0.2, -0.15) is 0 Å². The van der Waals surface area contributed by atoms with Crippen molar-refractivity contribution in [2.24, 2.45) is 0 Å². The van der Waals surface area contributed by atoms with Crippen LogP contribution in [0.15, 0.2) is 30.6 Å². The van der Waals surface area contributed by atoms with E-state index in [1.807, 2.05) is 6.20 Å². The maximum atomic E-state index is 9.26. The maximum Gasteiger partial charge on any atom is 0.134 e. The zero-order valence-electron chi connectivity index (χ0n) is 7.48. The van der Waals surface area contributed by atoms with Crippen molar-refractivity contribution in [3.63, 3.8) is 0 Å². The van der Waals surface area contributed by atoms with Crippen molar-refractivity contribution in [2.45, 2.75) is 25.2 Å². The molecule has 0 fully saturated rings. The van der Waals surface area contributed by atoms with Gasteiger partial charge >= 0.3 is 0 Å². The van der Waals surface area contributed by atoms with Gasteiger partial charge in [0.2, 0.25) is 0 Å². The summed E-state index contributed by atoms with van der Waals surface area (Å²) in [7, 11) is 0. The van der Waals surface area contributed by atoms with Crippen LogP contribution in [0.2, 0.25) is 0 Å². The molecule has 1 atom stereocenters. The minimum Gasteiger partial charge on any atom is -0.506 e. The van der Waals surface area contributed by atoms with Crippen LogP contribution in [0.1, 0.15) is 30.7 Å². The van der Waals surface area contributed by atoms with E-state index in [-0.39, 0.29) is 5.75 Å². The van der Waals surface area contributed by atoms with Gasteiger partial charge in [0.05, 0.1) is 6.20 Å². The molecule has 0 saturated heterocycles. The molecule has 2 heteroatoms. The average Bonchev–Trinajstić information content (AvgIpc) is 2.19. The summed E-state index contributed by atoms with van der Waals surface area (Å²) in [4.78, 5) is 3.98. The van der Waals surface area contributed by atoms with Crippen molar-refractivity contribution in [1.29, 1.82) is 0 Å². The first-order chi connectivity index (χ1) is 6.36. The van der Waals surface area contributed by atoms with E-state index in [1.54, 1.807) is 6.07 Å². The second kappa shape index (κ2) is 3.60. The molecule has 0 bridgehead atoms. The van der Waals surface area contributed by atoms with Crippen LogP contribution in [0.4, 0.5) is 0 Å². The lowest BCUT2D eigenvalue weighted by molar-refractivity contribution is 0.470. The van der Waals surface area contributed by atoms with Gasteiger partial charge in [-0.3, -0.25) is 4.98 Å². The van der Waals surface area contributed by atoms with E-state index in [0.29, 0.717) is 5.92 Å². The average molecular weight is 175 g/mol. The van der Waals surface area contributed by atoms with Gasteiger partial charge in [-0.15, -0.1) is 0 Å². The van der Waals surface area contributed by atoms with E-state index in [0.717, 1.165) is 5.56 Å². The fourth-order valence-corrected chi connectivity index (χ4v) is 1.74. The number of hydrogen-bond donors (Lipinski definition) is 1. The summed E-state index contributed by atoms with van der Waals surface area (Å²) >= 11 is 0. The third kappa shape index (κ3) is 1.89. The third-order valence-electron chi connectivity index (χ3n) is 2.43. The van der Waals surface area contributed by atoms with Crippen LogP contribution in [0, 0.1) is 0 Å². The van der Waals surface area contributed by atoms with Gasteiger partial charge in [0.1, 0.15) is 5.75 Å². The van der Waals surface area contributed by atoms with Crippen molar-refractivity contribution >= 4 is 0 Å². The Labute approximate surface area is 77.9 Å². The monoisotopic (exact) mass is 175 g/mol. The van der Waals surface area contributed by atoms with Gasteiger partial charge in [0.15, 0.2) is 0 Å². The number of pyridine rings is 1. The second-order valence-corrected chi connectivity index (χ2v) is 3.44. The molecule has 0 unspecified atom stereocenters. The fraction of sp³-hybridized carbons (Fsp3) is 0.364. The molecule has 0 radical (unpaired) electrons. The van der Waals surface area contributed by atoms with Crippen molar-refractivity contribution in [3.8, 4) is 5.75 Å². The number of hydrogen-bond acceptors (Lipinski definition) is 2. The highest BCUT2D eigenvalue weighted by atomic mass is 16.3. The van der Waals surface area contributed by atoms with E-state index < -0.39 is 0 Å². The smallest absolute Gasteiger partial charge is 0.134 e. The minimum absolute atomic E-state index is 0.261. The Morgan fingerprint density at radius 1 is 1.38 bits per heavy atom. The summed E-state index contributed by atoms with van der Waals surface area (Å²) in [5, 5.41) is 9.26. The lowest BCUT2D eigenvalue weighted by Crippen LogP contribution is -1.99. The first kappa shape index (κ1) is 8.30. The summed E-state index contributed by atoms with van der Waals surface area (Å²) in [6, 6.07) is 1.80. The molecule has 68 valence electrons. The first-order valence-electron chi connectivity index (χ1n) is 4.67. The van der Waals surface area contributed by atoms with Crippen LogP contribution in [0.3, 0.4) is 0 Å². The van der Waals surface area contributed by atoms with Crippen LogP contribution < -0.4 is 0 Å². The number of aromatic hydroxyl groups is 1. The Hall–Kier alpha value is -1.31. The molecular weight excluding hydrogens is 162 g/mol. The van der Waals surface area contributed by atoms with Crippen molar-refractivity contribution < 1.29 is 5.11 Å². The van der Waals surface area contributed by atoms with Crippen molar-refractivity contribution in [3.05, 3.63) is 36.2 Å². The quantitative estimate of drug-likeness (QED) is 0.665. The molecule has 0 aliphatic heterocycles. The van der Waals surface area contributed by atoms with Crippen LogP contribution >= 0.6 is 0 Å². The summed E-state index contributed by atoms with van der Waals surface area (Å²) in [6.07, 6.45) is 11.3. The predicted octanol–water partition coefficient (Wildman–Crippen LogP) is 2.61. The zero-order valence-corrected chi connectivity index (χ0v) is 7.48. The summed E-state index contributed by atoms with van der Waals surface area (Å²) in [5.74, 6) is 0.713. The van der Waals surface area contributed by atoms with E-state index >= 15 is 0 Å². The number of aromatic nitrogens is 1. The van der Waals surface area contributed by atoms with Crippen LogP contribution in [0.25, 0.3) is 0 Å². The Balaban J connectivity index is 2.24. The molecule has 1 aliphatic rings. The van der Waals surface area contributed by atoms with Gasteiger partial charge in [-0.1, -0.05) is 12.2 Å². The molecule has 1 heterocycles. The second-order valence-electron chi connectivity index (χ2n) is 3.44. The number of rotatable bonds is 1. The van der Waals surface area contributed by atoms with E-state index in [1.165, 1.54) is 25.5 Å². The highest BCUT2D eigenvalue weighted by molar-refractivity contribution is 5.28. The Bertz CT molecular complexity index is 320. The third-order valence-corrected chi connectivity index (χ3v) is 2.43. The summed E-state index contributed by atoms with van der Waals surface area (Å²) < 4.78 is 0. The normalized spacial score (nSPS) is 21.7. The number of allylic oxidation sites excluding steroid dienone is 2. The first-order valence-corrected chi connectivity index (χ1v) is 4.67. The van der Waals surface area contributed by atoms with E-state index in [4.69, 9.17) is 0 Å². The van der Waals surface area contributed by atoms with Crippen molar-refractivity contribution in [1.82, 2.24) is 4.98 Å². The molecule has 1 aromatic heterocycles. The van der Waals surface area contributed by atoms with Gasteiger partial charge < -0.3 is 5.11 Å². The molecule has 0 aromatic carbocycles. The highest BCUT2D eigenvalue weighted by Gasteiger charge is 2.11. The van der Waals surface area contributed by atoms with Gasteiger partial charge in [-0.05, 0) is 30.9 Å². The molecular formula is C11H13NO. The maximum absolute atomic E-state index is 9.26. The van der Waals surface area contributed by atoms with E-state index in [2.05, 4.69) is 17.1 Å². The summed E-state index contributed by atoms with van der Waals surface area (Å²) in [5.41, 5.74) is 1.12. The lowest BCUT2D eigenvalue weighted by atomic mass is 9.90. The fourth-order valence-electron chi connectivity index (χ4n) is 1.74. The topological polar surface area (TPSA) is 33.1 Å². The Morgan fingerprint density at radius 3 is 3.00 bits per heavy atom. The van der Waals surface area contributed by atoms with Crippen LogP contribution in [0.5, 0.6) is 5.75 Å². The predicted molar refractivity (Wildman–Crippen MR) is 51.6 cm³/mol. The largest absolute Gasteiger partial charge is 0.506 e. The molecule has 2 nitrogen and oxygen atoms in total. The number of nitrogens with zero attached hydrogens (tertiary/aromatic N) is 1. The molecule has 13 heavy (non-hydrogen) atoms. The molecule has 0 amide bonds. The van der Waals surface area contributed by atoms with Gasteiger partial charge in [-0.25, -0.2) is 0 Å². The molecule has 1 N–H and O–H groups in total. The van der Waals surface area contributed by atoms with Crippen molar-refractivity contribution in [2.75, 3.05) is 0 Å². The Morgan fingerprint density at radius 2 is 2.31 bits per heavy atom. The van der Waals surface area contributed by atoms with Gasteiger partial charge in [0.25, 0.3) is 0 Å². The lowest BCUT2D eigenvalue weighted by Gasteiger charge is -2.15. The molecule has 2 rings (SSSR count). The summed E-state index contributed by atoms with van der Waals surface area (Å²) in [6.45, 7) is 0. The highest BCUT2D eigenvalue weighted by Crippen LogP contribution is 2.28. The van der Waals surface area contributed by atoms with Crippen LogP contribution in [-0.2, 0) is 0 Å². The van der Waals surface area contributed by atoms with Gasteiger partial charge in [0, 0.05) is 12.1 Å². The Kier molecular flexibility index (Phi) is 2.30. The SMILES string of the molecule is Oc1cncc([C@H]2C=CCCC2)c1. The zero-order chi connectivity index (χ0) is 9.10. The molecule has 1 aliphatic carbocycles. The van der Waals surface area contributed by atoms with E-state index in [9.17, 15) is 5.11 Å². The molecule has 0 spiro atoms. The van der Waals surface area contributed by atoms with Crippen LogP contribution in [-0.4, -0.2) is 10.1 Å². The standard InChI is InChI=1S/C11H13NO/c13-11-6-10(7-12-8-11)9-4-2-1-3-5-9/h2,4,6-9,13H,1,3,5H2/t9-/m0/s1. The molecule has 1 aromatic rings. The minimum atomic E-state index is 0.261.